The number of nitrogens with zero attached hydrogens (tertiary/aromatic N) is 2. The molecule has 0 saturated heterocycles. The summed E-state index contributed by atoms with van der Waals surface area (Å²) in [6.45, 7) is 2.01. The molecule has 0 aliphatic heterocycles. The molecule has 2 N–H and O–H groups in total. The summed E-state index contributed by atoms with van der Waals surface area (Å²) in [5.41, 5.74) is 3.50. The van der Waals surface area contributed by atoms with E-state index in [1.54, 1.807) is 42.5 Å². The monoisotopic (exact) mass is 456 g/mol. The van der Waals surface area contributed by atoms with Gasteiger partial charge in [0, 0.05) is 29.7 Å². The van der Waals surface area contributed by atoms with E-state index >= 15 is 0 Å². The summed E-state index contributed by atoms with van der Waals surface area (Å²) in [5.74, 6) is 0.862. The van der Waals surface area contributed by atoms with Gasteiger partial charge in [-0.2, -0.15) is 4.98 Å². The van der Waals surface area contributed by atoms with Crippen LogP contribution in [0.3, 0.4) is 0 Å². The third-order valence-corrected chi connectivity index (χ3v) is 5.11. The molecule has 34 heavy (non-hydrogen) atoms. The van der Waals surface area contributed by atoms with Gasteiger partial charge in [-0.3, -0.25) is 9.59 Å². The molecule has 4 rings (SSSR count). The fourth-order valence-electron chi connectivity index (χ4n) is 3.29. The Labute approximate surface area is 197 Å². The molecule has 2 amide bonds. The van der Waals surface area contributed by atoms with Crippen LogP contribution >= 0.6 is 0 Å². The lowest BCUT2D eigenvalue weighted by Crippen LogP contribution is -2.15. The van der Waals surface area contributed by atoms with Gasteiger partial charge in [0.25, 0.3) is 5.91 Å². The van der Waals surface area contributed by atoms with Crippen LogP contribution in [0.15, 0.2) is 77.3 Å². The smallest absolute Gasteiger partial charge is 0.255 e. The highest BCUT2D eigenvalue weighted by atomic mass is 16.5. The van der Waals surface area contributed by atoms with E-state index in [0.717, 1.165) is 11.1 Å². The molecule has 172 valence electrons. The van der Waals surface area contributed by atoms with Crippen LogP contribution < -0.4 is 15.4 Å². The Kier molecular flexibility index (Phi) is 6.98. The van der Waals surface area contributed by atoms with E-state index in [0.29, 0.717) is 40.8 Å². The largest absolute Gasteiger partial charge is 0.495 e. The van der Waals surface area contributed by atoms with E-state index in [9.17, 15) is 9.59 Å². The molecule has 3 aromatic carbocycles. The SMILES string of the molecule is COc1ccc(NC(=O)CCc2nc(-c3ccc(C)cc3)no2)cc1NC(=O)c1ccccc1. The zero-order chi connectivity index (χ0) is 23.9. The number of anilines is 2. The predicted molar refractivity (Wildman–Crippen MR) is 129 cm³/mol. The third kappa shape index (κ3) is 5.66. The first-order chi connectivity index (χ1) is 16.5. The highest BCUT2D eigenvalue weighted by molar-refractivity contribution is 6.05. The normalized spacial score (nSPS) is 10.5. The van der Waals surface area contributed by atoms with Crippen LogP contribution in [-0.4, -0.2) is 29.1 Å². The van der Waals surface area contributed by atoms with Gasteiger partial charge in [-0.05, 0) is 37.3 Å². The molecule has 0 spiro atoms. The first-order valence-corrected chi connectivity index (χ1v) is 10.8. The van der Waals surface area contributed by atoms with E-state index < -0.39 is 0 Å². The van der Waals surface area contributed by atoms with Gasteiger partial charge >= 0.3 is 0 Å². The van der Waals surface area contributed by atoms with Gasteiger partial charge in [0.2, 0.25) is 17.6 Å². The van der Waals surface area contributed by atoms with Crippen molar-refractivity contribution in [3.63, 3.8) is 0 Å². The fraction of sp³-hybridized carbons (Fsp3) is 0.154. The summed E-state index contributed by atoms with van der Waals surface area (Å²) in [4.78, 5) is 29.4. The quantitative estimate of drug-likeness (QED) is 0.392. The molecular formula is C26H24N4O4. The van der Waals surface area contributed by atoms with Crippen molar-refractivity contribution < 1.29 is 18.8 Å². The van der Waals surface area contributed by atoms with Gasteiger partial charge in [0.15, 0.2) is 0 Å². The summed E-state index contributed by atoms with van der Waals surface area (Å²) >= 11 is 0. The first kappa shape index (κ1) is 22.7. The molecular weight excluding hydrogens is 432 g/mol. The Morgan fingerprint density at radius 3 is 2.47 bits per heavy atom. The lowest BCUT2D eigenvalue weighted by molar-refractivity contribution is -0.116. The van der Waals surface area contributed by atoms with E-state index in [2.05, 4.69) is 20.8 Å². The van der Waals surface area contributed by atoms with Crippen LogP contribution in [0, 0.1) is 6.92 Å². The number of carbonyl (C=O) groups excluding carboxylic acids is 2. The van der Waals surface area contributed by atoms with Crippen LogP contribution in [0.4, 0.5) is 11.4 Å². The van der Waals surface area contributed by atoms with Crippen molar-refractivity contribution in [2.24, 2.45) is 0 Å². The topological polar surface area (TPSA) is 106 Å². The Bertz CT molecular complexity index is 1280. The zero-order valence-electron chi connectivity index (χ0n) is 18.9. The lowest BCUT2D eigenvalue weighted by Gasteiger charge is -2.13. The average Bonchev–Trinajstić information content (AvgIpc) is 3.33. The number of benzene rings is 3. The minimum atomic E-state index is -0.275. The van der Waals surface area contributed by atoms with Crippen molar-refractivity contribution in [2.75, 3.05) is 17.7 Å². The summed E-state index contributed by atoms with van der Waals surface area (Å²) in [5, 5.41) is 9.64. The second-order valence-electron chi connectivity index (χ2n) is 7.66. The van der Waals surface area contributed by atoms with E-state index in [-0.39, 0.29) is 18.2 Å². The predicted octanol–water partition coefficient (Wildman–Crippen LogP) is 4.88. The van der Waals surface area contributed by atoms with Crippen molar-refractivity contribution in [3.05, 3.63) is 89.8 Å². The molecule has 8 heteroatoms. The molecule has 0 radical (unpaired) electrons. The number of aromatic nitrogens is 2. The highest BCUT2D eigenvalue weighted by Gasteiger charge is 2.13. The Morgan fingerprint density at radius 2 is 1.74 bits per heavy atom. The highest BCUT2D eigenvalue weighted by Crippen LogP contribution is 2.28. The second-order valence-corrected chi connectivity index (χ2v) is 7.66. The molecule has 1 heterocycles. The van der Waals surface area contributed by atoms with Crippen molar-refractivity contribution in [2.45, 2.75) is 19.8 Å². The van der Waals surface area contributed by atoms with Gasteiger partial charge < -0.3 is 19.9 Å². The molecule has 1 aromatic heterocycles. The van der Waals surface area contributed by atoms with Crippen molar-refractivity contribution in [1.82, 2.24) is 10.1 Å². The minimum Gasteiger partial charge on any atom is -0.495 e. The lowest BCUT2D eigenvalue weighted by atomic mass is 10.1. The number of nitrogens with one attached hydrogen (secondary N) is 2. The molecule has 0 fully saturated rings. The van der Waals surface area contributed by atoms with Gasteiger partial charge in [-0.25, -0.2) is 0 Å². The van der Waals surface area contributed by atoms with Crippen LogP contribution in [0.5, 0.6) is 5.75 Å². The Morgan fingerprint density at radius 1 is 0.971 bits per heavy atom. The number of hydrogen-bond donors (Lipinski definition) is 2. The minimum absolute atomic E-state index is 0.160. The number of ether oxygens (including phenoxy) is 1. The fourth-order valence-corrected chi connectivity index (χ4v) is 3.29. The molecule has 0 aliphatic rings. The van der Waals surface area contributed by atoms with Crippen molar-refractivity contribution in [1.29, 1.82) is 0 Å². The van der Waals surface area contributed by atoms with Gasteiger partial charge in [0.1, 0.15) is 5.75 Å². The van der Waals surface area contributed by atoms with E-state index in [1.807, 2.05) is 37.3 Å². The molecule has 4 aromatic rings. The maximum Gasteiger partial charge on any atom is 0.255 e. The maximum atomic E-state index is 12.5. The van der Waals surface area contributed by atoms with Crippen LogP contribution in [0.2, 0.25) is 0 Å². The Hall–Kier alpha value is -4.46. The summed E-state index contributed by atoms with van der Waals surface area (Å²) in [7, 11) is 1.51. The van der Waals surface area contributed by atoms with Gasteiger partial charge in [-0.1, -0.05) is 53.2 Å². The number of methoxy groups -OCH3 is 1. The zero-order valence-corrected chi connectivity index (χ0v) is 18.9. The molecule has 0 saturated carbocycles. The van der Waals surface area contributed by atoms with Crippen LogP contribution in [0.1, 0.15) is 28.2 Å². The average molecular weight is 457 g/mol. The van der Waals surface area contributed by atoms with Gasteiger partial charge in [0.05, 0.1) is 12.8 Å². The van der Waals surface area contributed by atoms with E-state index in [1.165, 1.54) is 7.11 Å². The maximum absolute atomic E-state index is 12.5. The summed E-state index contributed by atoms with van der Waals surface area (Å²) < 4.78 is 10.6. The number of hydrogen-bond acceptors (Lipinski definition) is 6. The van der Waals surface area contributed by atoms with E-state index in [4.69, 9.17) is 9.26 Å². The third-order valence-electron chi connectivity index (χ3n) is 5.11. The molecule has 0 atom stereocenters. The van der Waals surface area contributed by atoms with Crippen molar-refractivity contribution in [3.8, 4) is 17.1 Å². The number of aryl methyl sites for hydroxylation is 2. The summed E-state index contributed by atoms with van der Waals surface area (Å²) in [6.07, 6.45) is 0.464. The van der Waals surface area contributed by atoms with Gasteiger partial charge in [-0.15, -0.1) is 0 Å². The number of rotatable bonds is 8. The van der Waals surface area contributed by atoms with Crippen LogP contribution in [-0.2, 0) is 11.2 Å². The van der Waals surface area contributed by atoms with Crippen LogP contribution in [0.25, 0.3) is 11.4 Å². The Balaban J connectivity index is 1.37. The molecule has 0 unspecified atom stereocenters. The standard InChI is InChI=1S/C26H24N4O4/c1-17-8-10-18(11-9-17)25-29-24(34-30-25)15-14-23(31)27-20-12-13-22(33-2)21(16-20)28-26(32)19-6-4-3-5-7-19/h3-13,16H,14-15H2,1-2H3,(H,27,31)(H,28,32). The number of amides is 2. The first-order valence-electron chi connectivity index (χ1n) is 10.8. The molecule has 0 bridgehead atoms. The molecule has 8 nitrogen and oxygen atoms in total. The van der Waals surface area contributed by atoms with Crippen molar-refractivity contribution >= 4 is 23.2 Å². The summed E-state index contributed by atoms with van der Waals surface area (Å²) in [6, 6.07) is 21.7. The molecule has 0 aliphatic carbocycles. The second kappa shape index (κ2) is 10.4. The number of carbonyl (C=O) groups is 2.